The number of nitrogens with zero attached hydrogens (tertiary/aromatic N) is 2. The zero-order valence-electron chi connectivity index (χ0n) is 15.9. The van der Waals surface area contributed by atoms with Crippen LogP contribution in [-0.2, 0) is 29.1 Å². The monoisotopic (exact) mass is 366 g/mol. The Morgan fingerprint density at radius 3 is 2.70 bits per heavy atom. The number of benzene rings is 1. The van der Waals surface area contributed by atoms with Crippen molar-refractivity contribution in [3.63, 3.8) is 0 Å². The fraction of sp³-hybridized carbons (Fsp3) is 0.381. The Morgan fingerprint density at radius 1 is 1.19 bits per heavy atom. The molecule has 27 heavy (non-hydrogen) atoms. The van der Waals surface area contributed by atoms with Crippen LogP contribution in [0.2, 0.25) is 0 Å². The van der Waals surface area contributed by atoms with Crippen LogP contribution in [0.25, 0.3) is 0 Å². The highest BCUT2D eigenvalue weighted by Crippen LogP contribution is 2.25. The highest BCUT2D eigenvalue weighted by molar-refractivity contribution is 5.86. The van der Waals surface area contributed by atoms with Crippen molar-refractivity contribution in [3.8, 4) is 0 Å². The molecule has 0 spiro atoms. The summed E-state index contributed by atoms with van der Waals surface area (Å²) in [6.45, 7) is 5.40. The number of rotatable bonds is 6. The van der Waals surface area contributed by atoms with Crippen LogP contribution in [0.1, 0.15) is 37.0 Å². The van der Waals surface area contributed by atoms with Gasteiger partial charge in [0.15, 0.2) is 0 Å². The van der Waals surface area contributed by atoms with E-state index < -0.39 is 6.04 Å². The number of amides is 2. The summed E-state index contributed by atoms with van der Waals surface area (Å²) in [6, 6.07) is 11.8. The molecule has 2 amide bonds. The Hall–Kier alpha value is -2.89. The number of carbonyl (C=O) groups is 2. The first-order valence-electron chi connectivity index (χ1n) is 9.39. The predicted octanol–water partition coefficient (Wildman–Crippen LogP) is 2.18. The lowest BCUT2D eigenvalue weighted by Crippen LogP contribution is -2.45. The van der Waals surface area contributed by atoms with Crippen molar-refractivity contribution >= 4 is 17.6 Å². The first-order chi connectivity index (χ1) is 13.1. The Kier molecular flexibility index (Phi) is 6.06. The third-order valence-electron chi connectivity index (χ3n) is 4.85. The molecule has 0 bridgehead atoms. The van der Waals surface area contributed by atoms with E-state index in [1.807, 2.05) is 19.1 Å². The molecule has 1 aliphatic rings. The number of aromatic nitrogens is 1. The highest BCUT2D eigenvalue weighted by Gasteiger charge is 2.21. The first kappa shape index (κ1) is 18.9. The maximum atomic E-state index is 12.4. The lowest BCUT2D eigenvalue weighted by Gasteiger charge is -2.31. The largest absolute Gasteiger partial charge is 0.352 e. The molecule has 1 aromatic carbocycles. The van der Waals surface area contributed by atoms with Gasteiger partial charge in [0, 0.05) is 38.3 Å². The molecule has 0 unspecified atom stereocenters. The van der Waals surface area contributed by atoms with E-state index in [-0.39, 0.29) is 11.8 Å². The van der Waals surface area contributed by atoms with Crippen molar-refractivity contribution in [3.05, 3.63) is 59.3 Å². The normalized spacial score (nSPS) is 14.2. The second kappa shape index (κ2) is 8.66. The molecule has 2 aromatic rings. The van der Waals surface area contributed by atoms with E-state index in [1.54, 1.807) is 6.20 Å². The van der Waals surface area contributed by atoms with Crippen LogP contribution in [0.15, 0.2) is 42.6 Å². The summed E-state index contributed by atoms with van der Waals surface area (Å²) in [5.74, 6) is 0.525. The second-order valence-corrected chi connectivity index (χ2v) is 6.81. The fourth-order valence-electron chi connectivity index (χ4n) is 3.43. The van der Waals surface area contributed by atoms with Crippen molar-refractivity contribution < 1.29 is 9.59 Å². The number of nitrogens with one attached hydrogen (secondary N) is 2. The van der Waals surface area contributed by atoms with E-state index in [9.17, 15) is 9.59 Å². The molecule has 6 nitrogen and oxygen atoms in total. The number of hydrogen-bond acceptors (Lipinski definition) is 4. The van der Waals surface area contributed by atoms with Crippen LogP contribution in [-0.4, -0.2) is 29.4 Å². The molecule has 0 aliphatic carbocycles. The van der Waals surface area contributed by atoms with Crippen LogP contribution in [0.3, 0.4) is 0 Å². The fourth-order valence-corrected chi connectivity index (χ4v) is 3.43. The van der Waals surface area contributed by atoms with E-state index in [1.165, 1.54) is 18.1 Å². The van der Waals surface area contributed by atoms with Crippen molar-refractivity contribution in [2.45, 2.75) is 45.8 Å². The van der Waals surface area contributed by atoms with E-state index in [0.717, 1.165) is 30.9 Å². The van der Waals surface area contributed by atoms with Crippen molar-refractivity contribution in [1.29, 1.82) is 0 Å². The average Bonchev–Trinajstić information content (AvgIpc) is 2.70. The van der Waals surface area contributed by atoms with Gasteiger partial charge in [0.1, 0.15) is 11.9 Å². The van der Waals surface area contributed by atoms with E-state index in [0.29, 0.717) is 13.0 Å². The summed E-state index contributed by atoms with van der Waals surface area (Å²) < 4.78 is 0. The third kappa shape index (κ3) is 4.64. The number of pyridine rings is 1. The van der Waals surface area contributed by atoms with Gasteiger partial charge in [-0.05, 0) is 30.0 Å². The van der Waals surface area contributed by atoms with Crippen LogP contribution >= 0.6 is 0 Å². The molecule has 2 N–H and O–H groups in total. The molecule has 0 radical (unpaired) electrons. The molecule has 1 aliphatic heterocycles. The minimum Gasteiger partial charge on any atom is -0.352 e. The van der Waals surface area contributed by atoms with Gasteiger partial charge in [0.2, 0.25) is 11.8 Å². The zero-order valence-corrected chi connectivity index (χ0v) is 15.9. The maximum absolute atomic E-state index is 12.4. The van der Waals surface area contributed by atoms with Crippen molar-refractivity contribution in [1.82, 2.24) is 15.6 Å². The molecule has 1 aromatic heterocycles. The maximum Gasteiger partial charge on any atom is 0.242 e. The van der Waals surface area contributed by atoms with Crippen LogP contribution < -0.4 is 15.5 Å². The standard InChI is InChI=1S/C21H26N4O2/c1-3-19(24-15(2)26)21(27)23-13-17-9-6-11-22-20(17)25-12-10-16-7-4-5-8-18(16)14-25/h4-9,11,19H,3,10,12-14H2,1-2H3,(H,23,27)(H,24,26)/t19-/m1/s1. The Morgan fingerprint density at radius 2 is 1.96 bits per heavy atom. The van der Waals surface area contributed by atoms with Gasteiger partial charge in [-0.2, -0.15) is 0 Å². The average molecular weight is 366 g/mol. The number of hydrogen-bond donors (Lipinski definition) is 2. The number of anilines is 1. The number of carbonyl (C=O) groups excluding carboxylic acids is 2. The summed E-state index contributed by atoms with van der Waals surface area (Å²) in [5, 5.41) is 5.61. The second-order valence-electron chi connectivity index (χ2n) is 6.81. The molecule has 0 fully saturated rings. The summed E-state index contributed by atoms with van der Waals surface area (Å²) in [6.07, 6.45) is 3.32. The molecule has 0 saturated carbocycles. The Bertz CT molecular complexity index is 821. The molecule has 6 heteroatoms. The summed E-state index contributed by atoms with van der Waals surface area (Å²) in [4.78, 5) is 30.5. The van der Waals surface area contributed by atoms with Gasteiger partial charge in [0.25, 0.3) is 0 Å². The van der Waals surface area contributed by atoms with Crippen LogP contribution in [0.4, 0.5) is 5.82 Å². The smallest absolute Gasteiger partial charge is 0.242 e. The van der Waals surface area contributed by atoms with Crippen molar-refractivity contribution in [2.24, 2.45) is 0 Å². The van der Waals surface area contributed by atoms with Gasteiger partial charge in [-0.25, -0.2) is 4.98 Å². The summed E-state index contributed by atoms with van der Waals surface area (Å²) >= 11 is 0. The van der Waals surface area contributed by atoms with Gasteiger partial charge >= 0.3 is 0 Å². The lowest BCUT2D eigenvalue weighted by atomic mass is 9.99. The molecular formula is C21H26N4O2. The summed E-state index contributed by atoms with van der Waals surface area (Å²) in [5.41, 5.74) is 3.68. The van der Waals surface area contributed by atoms with Gasteiger partial charge in [-0.1, -0.05) is 37.3 Å². The summed E-state index contributed by atoms with van der Waals surface area (Å²) in [7, 11) is 0. The Labute approximate surface area is 160 Å². The third-order valence-corrected chi connectivity index (χ3v) is 4.85. The quantitative estimate of drug-likeness (QED) is 0.822. The molecule has 3 rings (SSSR count). The van der Waals surface area contributed by atoms with Crippen molar-refractivity contribution in [2.75, 3.05) is 11.4 Å². The van der Waals surface area contributed by atoms with E-state index >= 15 is 0 Å². The zero-order chi connectivity index (χ0) is 19.2. The predicted molar refractivity (Wildman–Crippen MR) is 105 cm³/mol. The van der Waals surface area contributed by atoms with Gasteiger partial charge in [-0.3, -0.25) is 9.59 Å². The van der Waals surface area contributed by atoms with Crippen LogP contribution in [0, 0.1) is 0 Å². The molecular weight excluding hydrogens is 340 g/mol. The van der Waals surface area contributed by atoms with E-state index in [2.05, 4.69) is 44.8 Å². The van der Waals surface area contributed by atoms with Gasteiger partial charge in [-0.15, -0.1) is 0 Å². The molecule has 2 heterocycles. The molecule has 1 atom stereocenters. The number of fused-ring (bicyclic) bond motifs is 1. The first-order valence-corrected chi connectivity index (χ1v) is 9.39. The van der Waals surface area contributed by atoms with Gasteiger partial charge < -0.3 is 15.5 Å². The molecule has 0 saturated heterocycles. The van der Waals surface area contributed by atoms with Crippen LogP contribution in [0.5, 0.6) is 0 Å². The highest BCUT2D eigenvalue weighted by atomic mass is 16.2. The topological polar surface area (TPSA) is 74.3 Å². The SMILES string of the molecule is CC[C@@H](NC(C)=O)C(=O)NCc1cccnc1N1CCc2ccccc2C1. The van der Waals surface area contributed by atoms with E-state index in [4.69, 9.17) is 0 Å². The van der Waals surface area contributed by atoms with Gasteiger partial charge in [0.05, 0.1) is 0 Å². The lowest BCUT2D eigenvalue weighted by molar-refractivity contribution is -0.128. The minimum atomic E-state index is -0.510. The minimum absolute atomic E-state index is 0.175. The Balaban J connectivity index is 1.70. The molecule has 142 valence electrons.